The standard InChI is InChI=1S/C46H64N2/c1-3-5-13-19-43-35-41(29-31-45(43)47)33-39-25-21-37(22-26-39)17-15-11-9-7-8-10-12-16-18-38-23-27-40(28-24-38)34-42-30-32-46(48)44(36-42)20-14-6-4-2/h21-32,35-36H,3-20,33-34,47-48H2,1-2H3. The Hall–Kier alpha value is -3.52. The topological polar surface area (TPSA) is 52.0 Å². The van der Waals surface area contributed by atoms with Gasteiger partial charge in [-0.25, -0.2) is 0 Å². The largest absolute Gasteiger partial charge is 0.399 e. The van der Waals surface area contributed by atoms with Crippen LogP contribution in [0.5, 0.6) is 0 Å². The Balaban J connectivity index is 1.03. The van der Waals surface area contributed by atoms with Crippen molar-refractivity contribution in [3.05, 3.63) is 129 Å². The molecule has 0 aliphatic heterocycles. The third-order valence-electron chi connectivity index (χ3n) is 10.1. The van der Waals surface area contributed by atoms with Crippen LogP contribution in [0.3, 0.4) is 0 Å². The summed E-state index contributed by atoms with van der Waals surface area (Å²) in [7, 11) is 0. The minimum Gasteiger partial charge on any atom is -0.399 e. The smallest absolute Gasteiger partial charge is 0.0346 e. The van der Waals surface area contributed by atoms with Gasteiger partial charge in [-0.3, -0.25) is 0 Å². The number of hydrogen-bond acceptors (Lipinski definition) is 2. The lowest BCUT2D eigenvalue weighted by Crippen LogP contribution is -1.98. The summed E-state index contributed by atoms with van der Waals surface area (Å²) in [6, 6.07) is 31.9. The van der Waals surface area contributed by atoms with Gasteiger partial charge in [-0.15, -0.1) is 0 Å². The van der Waals surface area contributed by atoms with Crippen LogP contribution < -0.4 is 11.5 Å². The van der Waals surface area contributed by atoms with Crippen LogP contribution >= 0.6 is 0 Å². The summed E-state index contributed by atoms with van der Waals surface area (Å²) in [5.41, 5.74) is 25.5. The first-order valence-corrected chi connectivity index (χ1v) is 19.4. The Kier molecular flexibility index (Phi) is 16.7. The lowest BCUT2D eigenvalue weighted by Gasteiger charge is -2.10. The van der Waals surface area contributed by atoms with Crippen LogP contribution in [0.15, 0.2) is 84.9 Å². The Morgan fingerprint density at radius 2 is 0.646 bits per heavy atom. The molecular weight excluding hydrogens is 581 g/mol. The molecule has 0 spiro atoms. The van der Waals surface area contributed by atoms with Crippen molar-refractivity contribution in [3.8, 4) is 0 Å². The molecular formula is C46H64N2. The van der Waals surface area contributed by atoms with Gasteiger partial charge in [-0.1, -0.05) is 151 Å². The second kappa shape index (κ2) is 21.5. The maximum atomic E-state index is 6.24. The average molecular weight is 645 g/mol. The summed E-state index contributed by atoms with van der Waals surface area (Å²) in [5.74, 6) is 0. The van der Waals surface area contributed by atoms with Crippen molar-refractivity contribution < 1.29 is 0 Å². The molecule has 4 rings (SSSR count). The number of rotatable bonds is 23. The molecule has 4 aromatic carbocycles. The molecule has 0 amide bonds. The van der Waals surface area contributed by atoms with E-state index in [2.05, 4.69) is 98.8 Å². The molecule has 0 aromatic heterocycles. The summed E-state index contributed by atoms with van der Waals surface area (Å²) in [5, 5.41) is 0. The van der Waals surface area contributed by atoms with Gasteiger partial charge in [0.1, 0.15) is 0 Å². The third-order valence-corrected chi connectivity index (χ3v) is 10.1. The van der Waals surface area contributed by atoms with Gasteiger partial charge in [0.25, 0.3) is 0 Å². The molecule has 4 aromatic rings. The van der Waals surface area contributed by atoms with E-state index in [1.54, 1.807) is 0 Å². The monoisotopic (exact) mass is 645 g/mol. The number of anilines is 2. The molecule has 0 atom stereocenters. The number of hydrogen-bond donors (Lipinski definition) is 2. The predicted molar refractivity (Wildman–Crippen MR) is 211 cm³/mol. The van der Waals surface area contributed by atoms with Gasteiger partial charge in [0, 0.05) is 11.4 Å². The van der Waals surface area contributed by atoms with Crippen molar-refractivity contribution in [2.24, 2.45) is 0 Å². The Morgan fingerprint density at radius 1 is 0.333 bits per heavy atom. The molecule has 0 aliphatic carbocycles. The quantitative estimate of drug-likeness (QED) is 0.0623. The van der Waals surface area contributed by atoms with E-state index >= 15 is 0 Å². The van der Waals surface area contributed by atoms with E-state index in [9.17, 15) is 0 Å². The molecule has 4 N–H and O–H groups in total. The summed E-state index contributed by atoms with van der Waals surface area (Å²) < 4.78 is 0. The van der Waals surface area contributed by atoms with Gasteiger partial charge >= 0.3 is 0 Å². The van der Waals surface area contributed by atoms with Crippen LogP contribution in [0.1, 0.15) is 148 Å². The first-order valence-electron chi connectivity index (χ1n) is 19.4. The van der Waals surface area contributed by atoms with E-state index in [0.29, 0.717) is 0 Å². The second-order valence-corrected chi connectivity index (χ2v) is 14.3. The molecule has 48 heavy (non-hydrogen) atoms. The lowest BCUT2D eigenvalue weighted by atomic mass is 9.97. The summed E-state index contributed by atoms with van der Waals surface area (Å²) >= 11 is 0. The molecule has 2 heteroatoms. The van der Waals surface area contributed by atoms with Crippen molar-refractivity contribution in [1.82, 2.24) is 0 Å². The fourth-order valence-corrected chi connectivity index (χ4v) is 6.94. The van der Waals surface area contributed by atoms with Gasteiger partial charge in [-0.05, 0) is 121 Å². The minimum absolute atomic E-state index is 0.945. The first kappa shape index (κ1) is 37.3. The van der Waals surface area contributed by atoms with Crippen LogP contribution in [0.2, 0.25) is 0 Å². The Morgan fingerprint density at radius 3 is 1.02 bits per heavy atom. The zero-order valence-electron chi connectivity index (χ0n) is 30.4. The van der Waals surface area contributed by atoms with Crippen LogP contribution in [-0.4, -0.2) is 0 Å². The minimum atomic E-state index is 0.945. The van der Waals surface area contributed by atoms with E-state index < -0.39 is 0 Å². The van der Waals surface area contributed by atoms with Crippen LogP contribution in [0, 0.1) is 0 Å². The molecule has 2 nitrogen and oxygen atoms in total. The zero-order chi connectivity index (χ0) is 33.8. The fraction of sp³-hybridized carbons (Fsp3) is 0.478. The highest BCUT2D eigenvalue weighted by Crippen LogP contribution is 2.22. The Labute approximate surface area is 293 Å². The van der Waals surface area contributed by atoms with Gasteiger partial charge in [0.2, 0.25) is 0 Å². The average Bonchev–Trinajstić information content (AvgIpc) is 3.10. The molecule has 258 valence electrons. The fourth-order valence-electron chi connectivity index (χ4n) is 6.94. The van der Waals surface area contributed by atoms with Gasteiger partial charge in [-0.2, -0.15) is 0 Å². The van der Waals surface area contributed by atoms with Crippen LogP contribution in [-0.2, 0) is 38.5 Å². The van der Waals surface area contributed by atoms with E-state index in [0.717, 1.165) is 37.1 Å². The van der Waals surface area contributed by atoms with E-state index in [4.69, 9.17) is 11.5 Å². The lowest BCUT2D eigenvalue weighted by molar-refractivity contribution is 0.567. The number of nitrogen functional groups attached to an aromatic ring is 2. The molecule has 0 saturated carbocycles. The zero-order valence-corrected chi connectivity index (χ0v) is 30.4. The highest BCUT2D eigenvalue weighted by atomic mass is 14.6. The third kappa shape index (κ3) is 13.5. The van der Waals surface area contributed by atoms with Crippen molar-refractivity contribution in [3.63, 3.8) is 0 Å². The molecule has 0 fully saturated rings. The normalized spacial score (nSPS) is 11.3. The van der Waals surface area contributed by atoms with Crippen molar-refractivity contribution in [1.29, 1.82) is 0 Å². The van der Waals surface area contributed by atoms with Gasteiger partial charge in [0.15, 0.2) is 0 Å². The van der Waals surface area contributed by atoms with E-state index in [-0.39, 0.29) is 0 Å². The highest BCUT2D eigenvalue weighted by molar-refractivity contribution is 5.50. The van der Waals surface area contributed by atoms with Gasteiger partial charge in [0.05, 0.1) is 0 Å². The van der Waals surface area contributed by atoms with Crippen molar-refractivity contribution in [2.45, 2.75) is 142 Å². The second-order valence-electron chi connectivity index (χ2n) is 14.3. The number of benzene rings is 4. The van der Waals surface area contributed by atoms with E-state index in [1.165, 1.54) is 147 Å². The highest BCUT2D eigenvalue weighted by Gasteiger charge is 2.06. The van der Waals surface area contributed by atoms with Crippen molar-refractivity contribution in [2.75, 3.05) is 11.5 Å². The van der Waals surface area contributed by atoms with Crippen molar-refractivity contribution >= 4 is 11.4 Å². The summed E-state index contributed by atoms with van der Waals surface area (Å²) in [4.78, 5) is 0. The molecule has 0 heterocycles. The maximum Gasteiger partial charge on any atom is 0.0346 e. The van der Waals surface area contributed by atoms with Crippen LogP contribution in [0.25, 0.3) is 0 Å². The molecule has 0 saturated heterocycles. The van der Waals surface area contributed by atoms with Crippen LogP contribution in [0.4, 0.5) is 11.4 Å². The SMILES string of the molecule is CCCCCc1cc(Cc2ccc(CCCCCCCCCCc3ccc(Cc4ccc(N)c(CCCCC)c4)cc3)cc2)ccc1N. The van der Waals surface area contributed by atoms with Gasteiger partial charge < -0.3 is 11.5 Å². The predicted octanol–water partition coefficient (Wildman–Crippen LogP) is 12.4. The maximum absolute atomic E-state index is 6.24. The molecule has 0 aliphatic rings. The molecule has 0 unspecified atom stereocenters. The number of nitrogens with two attached hydrogens (primary N) is 2. The Bertz CT molecular complexity index is 1340. The van der Waals surface area contributed by atoms with E-state index in [1.807, 2.05) is 0 Å². The number of unbranched alkanes of at least 4 members (excludes halogenated alkanes) is 11. The number of aryl methyl sites for hydroxylation is 4. The first-order chi connectivity index (χ1) is 23.5. The molecule has 0 bridgehead atoms. The molecule has 0 radical (unpaired) electrons. The summed E-state index contributed by atoms with van der Waals surface area (Å²) in [6.07, 6.45) is 24.8. The summed E-state index contributed by atoms with van der Waals surface area (Å²) in [6.45, 7) is 4.50.